The Morgan fingerprint density at radius 2 is 1.67 bits per heavy atom. The second kappa shape index (κ2) is 8.41. The molecule has 4 heteroatoms. The molecule has 4 nitrogen and oxygen atoms in total. The van der Waals surface area contributed by atoms with Crippen molar-refractivity contribution in [2.45, 2.75) is 64.4 Å². The van der Waals surface area contributed by atoms with Gasteiger partial charge in [-0.05, 0) is 86.3 Å². The van der Waals surface area contributed by atoms with Gasteiger partial charge in [0, 0.05) is 12.5 Å². The van der Waals surface area contributed by atoms with Gasteiger partial charge in [0.2, 0.25) is 0 Å². The summed E-state index contributed by atoms with van der Waals surface area (Å²) in [4.78, 5) is 23.9. The average molecular weight is 409 g/mol. The molecule has 160 valence electrons. The molecule has 0 spiro atoms. The minimum atomic E-state index is -0.336. The first kappa shape index (κ1) is 20.9. The Bertz CT molecular complexity index is 820. The van der Waals surface area contributed by atoms with Crippen LogP contribution in [0.4, 0.5) is 0 Å². The molecule has 0 saturated heterocycles. The number of ether oxygens (including phenoxy) is 2. The topological polar surface area (TPSA) is 52.6 Å². The Balaban J connectivity index is 1.34. The number of carbonyl (C=O) groups is 2. The predicted octanol–water partition coefficient (Wildman–Crippen LogP) is 5.72. The molecule has 0 heterocycles. The maximum Gasteiger partial charge on any atom is 0.334 e. The third-order valence-electron chi connectivity index (χ3n) is 7.46. The van der Waals surface area contributed by atoms with Gasteiger partial charge in [-0.1, -0.05) is 37.8 Å². The number of esters is 2. The normalized spacial score (nSPS) is 31.7. The monoisotopic (exact) mass is 408 g/mol. The number of hydrogen-bond acceptors (Lipinski definition) is 4. The fourth-order valence-corrected chi connectivity index (χ4v) is 6.28. The van der Waals surface area contributed by atoms with Gasteiger partial charge in [0.25, 0.3) is 0 Å². The van der Waals surface area contributed by atoms with Crippen molar-refractivity contribution in [2.24, 2.45) is 23.7 Å². The molecule has 0 aromatic heterocycles. The van der Waals surface area contributed by atoms with Crippen LogP contribution in [0.15, 0.2) is 42.5 Å². The van der Waals surface area contributed by atoms with Crippen molar-refractivity contribution in [2.75, 3.05) is 0 Å². The van der Waals surface area contributed by atoms with Crippen LogP contribution in [0, 0.1) is 23.7 Å². The zero-order chi connectivity index (χ0) is 21.3. The van der Waals surface area contributed by atoms with Crippen LogP contribution in [0.1, 0.15) is 64.4 Å². The lowest BCUT2D eigenvalue weighted by Crippen LogP contribution is -2.59. The summed E-state index contributed by atoms with van der Waals surface area (Å²) in [7, 11) is 0. The first-order chi connectivity index (χ1) is 14.4. The maximum atomic E-state index is 12.9. The van der Waals surface area contributed by atoms with Crippen molar-refractivity contribution in [3.8, 4) is 5.75 Å². The quantitative estimate of drug-likeness (QED) is 0.329. The van der Waals surface area contributed by atoms with E-state index >= 15 is 0 Å². The minimum Gasteiger partial charge on any atom is -0.455 e. The van der Waals surface area contributed by atoms with Gasteiger partial charge in [0.15, 0.2) is 0 Å². The Labute approximate surface area is 179 Å². The van der Waals surface area contributed by atoms with E-state index in [1.807, 2.05) is 24.3 Å². The molecule has 5 rings (SSSR count). The van der Waals surface area contributed by atoms with E-state index in [1.54, 1.807) is 12.1 Å². The molecule has 4 bridgehead atoms. The van der Waals surface area contributed by atoms with Crippen LogP contribution in [-0.2, 0) is 14.3 Å². The van der Waals surface area contributed by atoms with E-state index in [2.05, 4.69) is 13.5 Å². The van der Waals surface area contributed by atoms with E-state index in [4.69, 9.17) is 9.47 Å². The second-order valence-electron chi connectivity index (χ2n) is 9.38. The fraction of sp³-hybridized carbons (Fsp3) is 0.538. The summed E-state index contributed by atoms with van der Waals surface area (Å²) in [5.74, 6) is 2.71. The summed E-state index contributed by atoms with van der Waals surface area (Å²) in [6, 6.07) is 7.25. The lowest BCUT2D eigenvalue weighted by atomic mass is 9.49. The number of carbonyl (C=O) groups excluding carboxylic acids is 2. The van der Waals surface area contributed by atoms with E-state index in [1.165, 1.54) is 39.0 Å². The molecule has 0 aliphatic heterocycles. The van der Waals surface area contributed by atoms with Gasteiger partial charge in [0.1, 0.15) is 11.4 Å². The SMILES string of the molecule is C=C(CC=Cc1ccc(OC(C)=O)cc1)C(=O)OC1(CC)C2CC3CC(C2)CC1C3. The molecular weight excluding hydrogens is 376 g/mol. The predicted molar refractivity (Wildman–Crippen MR) is 117 cm³/mol. The van der Waals surface area contributed by atoms with Crippen LogP contribution in [0.25, 0.3) is 6.08 Å². The largest absolute Gasteiger partial charge is 0.455 e. The summed E-state index contributed by atoms with van der Waals surface area (Å²) in [6.07, 6.45) is 11.5. The molecule has 4 aliphatic carbocycles. The number of rotatable bonds is 7. The fourth-order valence-electron chi connectivity index (χ4n) is 6.28. The highest BCUT2D eigenvalue weighted by molar-refractivity contribution is 5.88. The molecule has 0 amide bonds. The van der Waals surface area contributed by atoms with E-state index in [-0.39, 0.29) is 17.5 Å². The van der Waals surface area contributed by atoms with E-state index in [9.17, 15) is 9.59 Å². The van der Waals surface area contributed by atoms with Crippen LogP contribution < -0.4 is 4.74 Å². The van der Waals surface area contributed by atoms with Crippen LogP contribution in [-0.4, -0.2) is 17.5 Å². The Morgan fingerprint density at radius 3 is 2.20 bits per heavy atom. The van der Waals surface area contributed by atoms with Crippen molar-refractivity contribution in [1.82, 2.24) is 0 Å². The van der Waals surface area contributed by atoms with Gasteiger partial charge in [0.05, 0.1) is 0 Å². The summed E-state index contributed by atoms with van der Waals surface area (Å²) >= 11 is 0. The lowest BCUT2D eigenvalue weighted by molar-refractivity contribution is -0.207. The molecule has 0 unspecified atom stereocenters. The Hall–Kier alpha value is -2.36. The van der Waals surface area contributed by atoms with Crippen LogP contribution in [0.2, 0.25) is 0 Å². The van der Waals surface area contributed by atoms with Gasteiger partial charge in [-0.2, -0.15) is 0 Å². The molecule has 0 N–H and O–H groups in total. The van der Waals surface area contributed by atoms with Crippen molar-refractivity contribution in [1.29, 1.82) is 0 Å². The van der Waals surface area contributed by atoms with Crippen LogP contribution in [0.5, 0.6) is 5.75 Å². The number of benzene rings is 1. The van der Waals surface area contributed by atoms with Gasteiger partial charge in [-0.25, -0.2) is 4.79 Å². The van der Waals surface area contributed by atoms with Crippen LogP contribution >= 0.6 is 0 Å². The molecular formula is C26H32O4. The molecule has 4 fully saturated rings. The van der Waals surface area contributed by atoms with Crippen molar-refractivity contribution < 1.29 is 19.1 Å². The zero-order valence-electron chi connectivity index (χ0n) is 18.1. The summed E-state index contributed by atoms with van der Waals surface area (Å²) in [6.45, 7) is 7.56. The Kier molecular flexibility index (Phi) is 5.86. The first-order valence-corrected chi connectivity index (χ1v) is 11.3. The minimum absolute atomic E-state index is 0.237. The third-order valence-corrected chi connectivity index (χ3v) is 7.46. The van der Waals surface area contributed by atoms with Crippen LogP contribution in [0.3, 0.4) is 0 Å². The smallest absolute Gasteiger partial charge is 0.334 e. The molecule has 0 radical (unpaired) electrons. The average Bonchev–Trinajstić information content (AvgIpc) is 2.71. The van der Waals surface area contributed by atoms with Gasteiger partial charge >= 0.3 is 11.9 Å². The Morgan fingerprint density at radius 1 is 1.07 bits per heavy atom. The second-order valence-corrected chi connectivity index (χ2v) is 9.38. The molecule has 0 atom stereocenters. The van der Waals surface area contributed by atoms with Gasteiger partial charge < -0.3 is 9.47 Å². The first-order valence-electron chi connectivity index (χ1n) is 11.3. The molecule has 4 aliphatic rings. The van der Waals surface area contributed by atoms with E-state index in [0.29, 0.717) is 29.6 Å². The third kappa shape index (κ3) is 4.10. The standard InChI is InChI=1S/C26H32O4/c1-4-26(22-13-20-12-21(15-22)16-23(26)14-20)30-25(28)17(2)6-5-7-19-8-10-24(11-9-19)29-18(3)27/h5,7-11,20-23H,2,4,6,12-16H2,1,3H3. The number of hydrogen-bond donors (Lipinski definition) is 0. The van der Waals surface area contributed by atoms with E-state index in [0.717, 1.165) is 23.8 Å². The van der Waals surface area contributed by atoms with Crippen molar-refractivity contribution in [3.63, 3.8) is 0 Å². The summed E-state index contributed by atoms with van der Waals surface area (Å²) < 4.78 is 11.3. The summed E-state index contributed by atoms with van der Waals surface area (Å²) in [5, 5.41) is 0. The van der Waals surface area contributed by atoms with E-state index < -0.39 is 0 Å². The van der Waals surface area contributed by atoms with Crippen molar-refractivity contribution in [3.05, 3.63) is 48.1 Å². The highest BCUT2D eigenvalue weighted by atomic mass is 16.6. The summed E-state index contributed by atoms with van der Waals surface area (Å²) in [5.41, 5.74) is 1.20. The highest BCUT2D eigenvalue weighted by Crippen LogP contribution is 2.60. The van der Waals surface area contributed by atoms with Gasteiger partial charge in [-0.3, -0.25) is 4.79 Å². The van der Waals surface area contributed by atoms with Gasteiger partial charge in [-0.15, -0.1) is 0 Å². The molecule has 4 saturated carbocycles. The zero-order valence-corrected chi connectivity index (χ0v) is 18.1. The molecule has 30 heavy (non-hydrogen) atoms. The number of allylic oxidation sites excluding steroid dienone is 1. The van der Waals surface area contributed by atoms with Crippen molar-refractivity contribution >= 4 is 18.0 Å². The highest BCUT2D eigenvalue weighted by Gasteiger charge is 2.58. The molecule has 1 aromatic rings. The molecule has 1 aromatic carbocycles. The maximum absolute atomic E-state index is 12.9. The lowest BCUT2D eigenvalue weighted by Gasteiger charge is -2.60.